The van der Waals surface area contributed by atoms with Crippen LogP contribution in [-0.2, 0) is 0 Å². The van der Waals surface area contributed by atoms with Crippen molar-refractivity contribution < 1.29 is 4.74 Å². The van der Waals surface area contributed by atoms with Gasteiger partial charge >= 0.3 is 0 Å². The normalized spacial score (nSPS) is 11.7. The van der Waals surface area contributed by atoms with E-state index in [0.717, 1.165) is 17.1 Å². The predicted molar refractivity (Wildman–Crippen MR) is 90.3 cm³/mol. The summed E-state index contributed by atoms with van der Waals surface area (Å²) in [6.07, 6.45) is 6.85. The third kappa shape index (κ3) is 3.63. The Morgan fingerprint density at radius 1 is 1.00 bits per heavy atom. The zero-order valence-corrected chi connectivity index (χ0v) is 13.1. The second kappa shape index (κ2) is 6.87. The number of rotatable bonds is 5. The lowest BCUT2D eigenvalue weighted by Crippen LogP contribution is -2.08. The number of aromatic nitrogens is 3. The van der Waals surface area contributed by atoms with E-state index in [9.17, 15) is 0 Å². The Labute approximate surface area is 135 Å². The molecule has 0 saturated carbocycles. The van der Waals surface area contributed by atoms with E-state index in [1.54, 1.807) is 31.9 Å². The van der Waals surface area contributed by atoms with Gasteiger partial charge in [0.05, 0.1) is 31.4 Å². The fraction of sp³-hybridized carbons (Fsp3) is 0.167. The van der Waals surface area contributed by atoms with Gasteiger partial charge in [0.1, 0.15) is 11.6 Å². The lowest BCUT2D eigenvalue weighted by atomic mass is 10.1. The van der Waals surface area contributed by atoms with Crippen molar-refractivity contribution in [3.8, 4) is 17.0 Å². The molecule has 0 fully saturated rings. The summed E-state index contributed by atoms with van der Waals surface area (Å²) in [7, 11) is 1.62. The second-order valence-electron chi connectivity index (χ2n) is 5.18. The van der Waals surface area contributed by atoms with Crippen LogP contribution >= 0.6 is 0 Å². The second-order valence-corrected chi connectivity index (χ2v) is 5.18. The monoisotopic (exact) mass is 306 g/mol. The standard InChI is InChI=1S/C18H18N4O/c1-13(14-6-4-3-5-7-14)21-18-12-20-11-17(22-18)15-8-16(23-2)10-19-9-15/h3-13H,1-2H3,(H,21,22)/t13-/m0/s1. The first-order chi connectivity index (χ1) is 11.3. The molecule has 2 aromatic heterocycles. The molecule has 0 saturated heterocycles. The average molecular weight is 306 g/mol. The highest BCUT2D eigenvalue weighted by atomic mass is 16.5. The molecule has 5 nitrogen and oxygen atoms in total. The maximum Gasteiger partial charge on any atom is 0.145 e. The summed E-state index contributed by atoms with van der Waals surface area (Å²) in [4.78, 5) is 13.0. The zero-order chi connectivity index (χ0) is 16.1. The van der Waals surface area contributed by atoms with E-state index in [1.807, 2.05) is 24.3 Å². The number of pyridine rings is 1. The van der Waals surface area contributed by atoms with Crippen molar-refractivity contribution in [2.75, 3.05) is 12.4 Å². The fourth-order valence-electron chi connectivity index (χ4n) is 2.29. The number of benzene rings is 1. The summed E-state index contributed by atoms with van der Waals surface area (Å²) in [5, 5.41) is 3.37. The summed E-state index contributed by atoms with van der Waals surface area (Å²) in [6, 6.07) is 12.3. The number of hydrogen-bond donors (Lipinski definition) is 1. The number of nitrogens with one attached hydrogen (secondary N) is 1. The van der Waals surface area contributed by atoms with E-state index in [2.05, 4.69) is 39.3 Å². The molecule has 0 aliphatic rings. The van der Waals surface area contributed by atoms with Crippen molar-refractivity contribution in [1.82, 2.24) is 15.0 Å². The van der Waals surface area contributed by atoms with Crippen molar-refractivity contribution in [3.63, 3.8) is 0 Å². The molecule has 0 unspecified atom stereocenters. The Kier molecular flexibility index (Phi) is 4.47. The highest BCUT2D eigenvalue weighted by Gasteiger charge is 2.08. The van der Waals surface area contributed by atoms with Crippen LogP contribution in [0.3, 0.4) is 0 Å². The number of hydrogen-bond acceptors (Lipinski definition) is 5. The summed E-state index contributed by atoms with van der Waals surface area (Å²) in [5.41, 5.74) is 2.82. The number of methoxy groups -OCH3 is 1. The molecule has 3 rings (SSSR count). The van der Waals surface area contributed by atoms with Crippen LogP contribution in [0.15, 0.2) is 61.2 Å². The predicted octanol–water partition coefficient (Wildman–Crippen LogP) is 3.72. The van der Waals surface area contributed by atoms with Crippen molar-refractivity contribution in [2.45, 2.75) is 13.0 Å². The van der Waals surface area contributed by atoms with Gasteiger partial charge in [0.25, 0.3) is 0 Å². The molecule has 0 spiro atoms. The van der Waals surface area contributed by atoms with Crippen molar-refractivity contribution in [2.24, 2.45) is 0 Å². The quantitative estimate of drug-likeness (QED) is 0.778. The first-order valence-corrected chi connectivity index (χ1v) is 7.39. The van der Waals surface area contributed by atoms with E-state index >= 15 is 0 Å². The van der Waals surface area contributed by atoms with Gasteiger partial charge in [-0.05, 0) is 18.6 Å². The van der Waals surface area contributed by atoms with E-state index in [4.69, 9.17) is 4.74 Å². The minimum absolute atomic E-state index is 0.143. The van der Waals surface area contributed by atoms with E-state index in [1.165, 1.54) is 5.56 Å². The minimum Gasteiger partial charge on any atom is -0.495 e. The first kappa shape index (κ1) is 15.0. The summed E-state index contributed by atoms with van der Waals surface area (Å²) in [6.45, 7) is 2.09. The topological polar surface area (TPSA) is 59.9 Å². The van der Waals surface area contributed by atoms with Gasteiger partial charge in [-0.3, -0.25) is 9.97 Å². The van der Waals surface area contributed by atoms with E-state index in [-0.39, 0.29) is 6.04 Å². The van der Waals surface area contributed by atoms with Gasteiger partial charge in [0, 0.05) is 17.8 Å². The molecule has 2 heterocycles. The van der Waals surface area contributed by atoms with Crippen molar-refractivity contribution in [3.05, 3.63) is 66.7 Å². The molecule has 1 aromatic carbocycles. The SMILES string of the molecule is COc1cncc(-c2cncc(N[C@@H](C)c3ccccc3)n2)c1. The van der Waals surface area contributed by atoms with Gasteiger partial charge < -0.3 is 10.1 Å². The van der Waals surface area contributed by atoms with Crippen LogP contribution in [-0.4, -0.2) is 22.1 Å². The molecule has 0 amide bonds. The van der Waals surface area contributed by atoms with Crippen molar-refractivity contribution in [1.29, 1.82) is 0 Å². The number of nitrogens with zero attached hydrogens (tertiary/aromatic N) is 3. The Bertz CT molecular complexity index is 777. The summed E-state index contributed by atoms with van der Waals surface area (Å²) < 4.78 is 5.20. The lowest BCUT2D eigenvalue weighted by Gasteiger charge is -2.15. The minimum atomic E-state index is 0.143. The molecule has 116 valence electrons. The van der Waals surface area contributed by atoms with Crippen LogP contribution in [0, 0.1) is 0 Å². The van der Waals surface area contributed by atoms with Crippen LogP contribution < -0.4 is 10.1 Å². The molecule has 5 heteroatoms. The van der Waals surface area contributed by atoms with Crippen molar-refractivity contribution >= 4 is 5.82 Å². The Morgan fingerprint density at radius 2 is 1.78 bits per heavy atom. The highest BCUT2D eigenvalue weighted by molar-refractivity contribution is 5.60. The molecule has 1 atom stereocenters. The first-order valence-electron chi connectivity index (χ1n) is 7.39. The molecule has 0 bridgehead atoms. The largest absolute Gasteiger partial charge is 0.495 e. The smallest absolute Gasteiger partial charge is 0.145 e. The van der Waals surface area contributed by atoms with Gasteiger partial charge in [-0.15, -0.1) is 0 Å². The third-order valence-corrected chi connectivity index (χ3v) is 3.54. The van der Waals surface area contributed by atoms with Crippen LogP contribution in [0.4, 0.5) is 5.82 Å². The molecular formula is C18H18N4O. The lowest BCUT2D eigenvalue weighted by molar-refractivity contribution is 0.413. The van der Waals surface area contributed by atoms with Gasteiger partial charge in [-0.1, -0.05) is 30.3 Å². The van der Waals surface area contributed by atoms with Crippen LogP contribution in [0.2, 0.25) is 0 Å². The molecule has 0 radical (unpaired) electrons. The van der Waals surface area contributed by atoms with Gasteiger partial charge in [0.2, 0.25) is 0 Å². The molecule has 23 heavy (non-hydrogen) atoms. The van der Waals surface area contributed by atoms with Gasteiger partial charge in [-0.25, -0.2) is 4.98 Å². The number of ether oxygens (including phenoxy) is 1. The highest BCUT2D eigenvalue weighted by Crippen LogP contribution is 2.22. The van der Waals surface area contributed by atoms with Crippen LogP contribution in [0.5, 0.6) is 5.75 Å². The summed E-state index contributed by atoms with van der Waals surface area (Å²) in [5.74, 6) is 1.42. The maximum absolute atomic E-state index is 5.20. The third-order valence-electron chi connectivity index (χ3n) is 3.54. The fourth-order valence-corrected chi connectivity index (χ4v) is 2.29. The van der Waals surface area contributed by atoms with Gasteiger partial charge in [0.15, 0.2) is 0 Å². The number of anilines is 1. The Hall–Kier alpha value is -2.95. The molecule has 3 aromatic rings. The zero-order valence-electron chi connectivity index (χ0n) is 13.1. The van der Waals surface area contributed by atoms with E-state index < -0.39 is 0 Å². The van der Waals surface area contributed by atoms with Crippen LogP contribution in [0.1, 0.15) is 18.5 Å². The molecular weight excluding hydrogens is 288 g/mol. The summed E-state index contributed by atoms with van der Waals surface area (Å²) >= 11 is 0. The average Bonchev–Trinajstić information content (AvgIpc) is 2.63. The van der Waals surface area contributed by atoms with E-state index in [0.29, 0.717) is 5.75 Å². The maximum atomic E-state index is 5.20. The molecule has 0 aliphatic heterocycles. The molecule has 0 aliphatic carbocycles. The van der Waals surface area contributed by atoms with Crippen LogP contribution in [0.25, 0.3) is 11.3 Å². The Morgan fingerprint density at radius 3 is 2.57 bits per heavy atom. The van der Waals surface area contributed by atoms with Gasteiger partial charge in [-0.2, -0.15) is 0 Å². The molecule has 1 N–H and O–H groups in total. The Balaban J connectivity index is 1.82.